The lowest BCUT2D eigenvalue weighted by atomic mass is 10.2. The van der Waals surface area contributed by atoms with Gasteiger partial charge in [-0.05, 0) is 25.1 Å². The Morgan fingerprint density at radius 1 is 1.38 bits per heavy atom. The number of carboxylic acid groups (broad SMARTS) is 1. The number of ether oxygens (including phenoxy) is 1. The van der Waals surface area contributed by atoms with Gasteiger partial charge in [-0.1, -0.05) is 6.07 Å². The van der Waals surface area contributed by atoms with Crippen molar-refractivity contribution < 1.29 is 27.8 Å². The summed E-state index contributed by atoms with van der Waals surface area (Å²) in [4.78, 5) is 11.2. The quantitative estimate of drug-likeness (QED) is 0.945. The van der Waals surface area contributed by atoms with E-state index in [2.05, 4.69) is 5.10 Å². The molecular weight excluding hydrogens is 289 g/mol. The van der Waals surface area contributed by atoms with Gasteiger partial charge in [-0.3, -0.25) is 4.68 Å². The number of alkyl halides is 3. The zero-order valence-electron chi connectivity index (χ0n) is 11.1. The maximum absolute atomic E-state index is 12.6. The SMILES string of the molecule is Cc1c(C(=O)O)c(Oc2cccc(C(F)(F)F)c2)nn1C. The number of benzene rings is 1. The predicted molar refractivity (Wildman–Crippen MR) is 66.4 cm³/mol. The molecule has 0 saturated carbocycles. The van der Waals surface area contributed by atoms with E-state index >= 15 is 0 Å². The fourth-order valence-electron chi connectivity index (χ4n) is 1.74. The Kier molecular flexibility index (Phi) is 3.63. The maximum Gasteiger partial charge on any atom is 0.416 e. The Hall–Kier alpha value is -2.51. The number of hydrogen-bond acceptors (Lipinski definition) is 3. The molecule has 0 bridgehead atoms. The van der Waals surface area contributed by atoms with Gasteiger partial charge in [0.1, 0.15) is 11.3 Å². The monoisotopic (exact) mass is 300 g/mol. The highest BCUT2D eigenvalue weighted by Crippen LogP contribution is 2.33. The van der Waals surface area contributed by atoms with Crippen LogP contribution in [0.15, 0.2) is 24.3 Å². The molecule has 1 aromatic heterocycles. The first kappa shape index (κ1) is 14.9. The molecular formula is C13H11F3N2O3. The number of nitrogens with zero attached hydrogens (tertiary/aromatic N) is 2. The lowest BCUT2D eigenvalue weighted by Crippen LogP contribution is -2.05. The van der Waals surface area contributed by atoms with E-state index in [1.165, 1.54) is 30.8 Å². The molecule has 8 heteroatoms. The molecule has 0 aliphatic heterocycles. The second-order valence-corrected chi connectivity index (χ2v) is 4.32. The van der Waals surface area contributed by atoms with Gasteiger partial charge in [-0.15, -0.1) is 5.10 Å². The van der Waals surface area contributed by atoms with Gasteiger partial charge in [0.05, 0.1) is 11.3 Å². The van der Waals surface area contributed by atoms with Gasteiger partial charge < -0.3 is 9.84 Å². The second-order valence-electron chi connectivity index (χ2n) is 4.32. The molecule has 0 amide bonds. The molecule has 1 aromatic carbocycles. The molecule has 1 heterocycles. The van der Waals surface area contributed by atoms with Gasteiger partial charge in [0.15, 0.2) is 0 Å². The average Bonchev–Trinajstić information content (AvgIpc) is 2.64. The number of hydrogen-bond donors (Lipinski definition) is 1. The molecule has 0 aliphatic rings. The molecule has 0 fully saturated rings. The maximum atomic E-state index is 12.6. The fourth-order valence-corrected chi connectivity index (χ4v) is 1.74. The van der Waals surface area contributed by atoms with Crippen molar-refractivity contribution in [1.29, 1.82) is 0 Å². The number of aromatic carboxylic acids is 1. The third kappa shape index (κ3) is 2.99. The molecule has 0 unspecified atom stereocenters. The van der Waals surface area contributed by atoms with Crippen LogP contribution in [0.4, 0.5) is 13.2 Å². The van der Waals surface area contributed by atoms with Crippen molar-refractivity contribution >= 4 is 5.97 Å². The second kappa shape index (κ2) is 5.12. The summed E-state index contributed by atoms with van der Waals surface area (Å²) in [6.07, 6.45) is -4.50. The highest BCUT2D eigenvalue weighted by atomic mass is 19.4. The van der Waals surface area contributed by atoms with Crippen molar-refractivity contribution in [2.24, 2.45) is 7.05 Å². The Bertz CT molecular complexity index is 692. The minimum Gasteiger partial charge on any atom is -0.477 e. The molecule has 0 radical (unpaired) electrons. The number of aryl methyl sites for hydroxylation is 1. The number of rotatable bonds is 3. The first-order chi connectivity index (χ1) is 9.70. The molecule has 0 spiro atoms. The summed E-state index contributed by atoms with van der Waals surface area (Å²) in [6.45, 7) is 1.52. The number of carbonyl (C=O) groups is 1. The van der Waals surface area contributed by atoms with Crippen LogP contribution in [0.2, 0.25) is 0 Å². The van der Waals surface area contributed by atoms with E-state index in [0.717, 1.165) is 12.1 Å². The summed E-state index contributed by atoms with van der Waals surface area (Å²) >= 11 is 0. The van der Waals surface area contributed by atoms with Crippen LogP contribution >= 0.6 is 0 Å². The number of carboxylic acids is 1. The Labute approximate surface area is 117 Å². The van der Waals surface area contributed by atoms with E-state index in [9.17, 15) is 18.0 Å². The van der Waals surface area contributed by atoms with E-state index in [-0.39, 0.29) is 17.2 Å². The van der Waals surface area contributed by atoms with Crippen molar-refractivity contribution in [1.82, 2.24) is 9.78 Å². The molecule has 2 rings (SSSR count). The third-order valence-electron chi connectivity index (χ3n) is 2.89. The largest absolute Gasteiger partial charge is 0.477 e. The molecule has 21 heavy (non-hydrogen) atoms. The van der Waals surface area contributed by atoms with E-state index in [1.807, 2.05) is 0 Å². The Morgan fingerprint density at radius 3 is 2.62 bits per heavy atom. The van der Waals surface area contributed by atoms with E-state index in [0.29, 0.717) is 5.69 Å². The smallest absolute Gasteiger partial charge is 0.416 e. The van der Waals surface area contributed by atoms with Gasteiger partial charge in [-0.2, -0.15) is 13.2 Å². The van der Waals surface area contributed by atoms with Crippen molar-refractivity contribution in [3.05, 3.63) is 41.1 Å². The van der Waals surface area contributed by atoms with E-state index in [4.69, 9.17) is 9.84 Å². The summed E-state index contributed by atoms with van der Waals surface area (Å²) in [5.74, 6) is -1.64. The van der Waals surface area contributed by atoms with Crippen LogP contribution in [0.3, 0.4) is 0 Å². The van der Waals surface area contributed by atoms with E-state index < -0.39 is 17.7 Å². The summed E-state index contributed by atoms with van der Waals surface area (Å²) in [7, 11) is 1.51. The molecule has 1 N–H and O–H groups in total. The van der Waals surface area contributed by atoms with Crippen LogP contribution in [0.5, 0.6) is 11.6 Å². The highest BCUT2D eigenvalue weighted by molar-refractivity contribution is 5.91. The van der Waals surface area contributed by atoms with Gasteiger partial charge in [0, 0.05) is 7.05 Å². The molecule has 112 valence electrons. The fraction of sp³-hybridized carbons (Fsp3) is 0.231. The number of halogens is 3. The first-order valence-electron chi connectivity index (χ1n) is 5.82. The zero-order valence-corrected chi connectivity index (χ0v) is 11.1. The summed E-state index contributed by atoms with van der Waals surface area (Å²) in [5, 5.41) is 13.0. The average molecular weight is 300 g/mol. The van der Waals surface area contributed by atoms with Gasteiger partial charge >= 0.3 is 12.1 Å². The van der Waals surface area contributed by atoms with Gasteiger partial charge in [-0.25, -0.2) is 4.79 Å². The van der Waals surface area contributed by atoms with Gasteiger partial charge in [0.2, 0.25) is 0 Å². The summed E-state index contributed by atoms with van der Waals surface area (Å²) in [6, 6.07) is 4.16. The first-order valence-corrected chi connectivity index (χ1v) is 5.82. The Balaban J connectivity index is 2.40. The lowest BCUT2D eigenvalue weighted by molar-refractivity contribution is -0.137. The van der Waals surface area contributed by atoms with Crippen molar-refractivity contribution in [3.63, 3.8) is 0 Å². The van der Waals surface area contributed by atoms with Crippen LogP contribution in [-0.2, 0) is 13.2 Å². The summed E-state index contributed by atoms with van der Waals surface area (Å²) in [5.41, 5.74) is -0.732. The van der Waals surface area contributed by atoms with Crippen molar-refractivity contribution in [2.45, 2.75) is 13.1 Å². The van der Waals surface area contributed by atoms with Crippen LogP contribution in [0.1, 0.15) is 21.6 Å². The summed E-state index contributed by atoms with van der Waals surface area (Å²) < 4.78 is 44.3. The number of aromatic nitrogens is 2. The zero-order chi connectivity index (χ0) is 15.8. The minimum atomic E-state index is -4.50. The third-order valence-corrected chi connectivity index (χ3v) is 2.89. The highest BCUT2D eigenvalue weighted by Gasteiger charge is 2.31. The van der Waals surface area contributed by atoms with Crippen LogP contribution in [-0.4, -0.2) is 20.9 Å². The lowest BCUT2D eigenvalue weighted by Gasteiger charge is -2.09. The van der Waals surface area contributed by atoms with Crippen LogP contribution in [0, 0.1) is 6.92 Å². The topological polar surface area (TPSA) is 64.3 Å². The predicted octanol–water partition coefficient (Wildman–Crippen LogP) is 3.24. The standard InChI is InChI=1S/C13H11F3N2O3/c1-7-10(12(19)20)11(17-18(7)2)21-9-5-3-4-8(6-9)13(14,15)16/h3-6H,1-2H3,(H,19,20). The van der Waals surface area contributed by atoms with Crippen molar-refractivity contribution in [2.75, 3.05) is 0 Å². The normalized spacial score (nSPS) is 11.5. The minimum absolute atomic E-state index is 0.134. The Morgan fingerprint density at radius 2 is 2.05 bits per heavy atom. The molecule has 0 atom stereocenters. The molecule has 5 nitrogen and oxygen atoms in total. The van der Waals surface area contributed by atoms with Crippen LogP contribution in [0.25, 0.3) is 0 Å². The molecule has 2 aromatic rings. The van der Waals surface area contributed by atoms with E-state index in [1.54, 1.807) is 0 Å². The van der Waals surface area contributed by atoms with Crippen LogP contribution < -0.4 is 4.74 Å². The van der Waals surface area contributed by atoms with Gasteiger partial charge in [0.25, 0.3) is 5.88 Å². The molecule has 0 saturated heterocycles. The molecule has 0 aliphatic carbocycles. The van der Waals surface area contributed by atoms with Crippen molar-refractivity contribution in [3.8, 4) is 11.6 Å².